The van der Waals surface area contributed by atoms with E-state index < -0.39 is 0 Å². The molecular weight excluding hydrogens is 360 g/mol. The molecule has 0 saturated carbocycles. The number of rotatable bonds is 7. The van der Waals surface area contributed by atoms with Crippen LogP contribution in [0.15, 0.2) is 36.5 Å². The molecule has 140 valence electrons. The van der Waals surface area contributed by atoms with Gasteiger partial charge < -0.3 is 16.0 Å². The van der Waals surface area contributed by atoms with E-state index in [2.05, 4.69) is 29.5 Å². The van der Waals surface area contributed by atoms with Gasteiger partial charge in [-0.05, 0) is 36.1 Å². The van der Waals surface area contributed by atoms with Crippen molar-refractivity contribution >= 4 is 29.3 Å². The van der Waals surface area contributed by atoms with Crippen LogP contribution in [0.2, 0.25) is 5.15 Å². The summed E-state index contributed by atoms with van der Waals surface area (Å²) in [6.45, 7) is 5.74. The zero-order valence-corrected chi connectivity index (χ0v) is 16.2. The van der Waals surface area contributed by atoms with Gasteiger partial charge in [0.05, 0.1) is 5.69 Å². The minimum absolute atomic E-state index is 0.0754. The summed E-state index contributed by atoms with van der Waals surface area (Å²) in [5, 5.41) is 14.3. The monoisotopic (exact) mass is 382 g/mol. The minimum atomic E-state index is -0.0754. The van der Waals surface area contributed by atoms with Crippen molar-refractivity contribution < 1.29 is 4.79 Å². The number of hydrogen-bond donors (Lipinski definition) is 3. The first-order chi connectivity index (χ1) is 13.0. The Bertz CT molecular complexity index is 905. The molecule has 0 saturated heterocycles. The molecule has 0 fully saturated rings. The van der Waals surface area contributed by atoms with Gasteiger partial charge in [-0.2, -0.15) is 0 Å². The van der Waals surface area contributed by atoms with E-state index in [1.165, 1.54) is 6.21 Å². The summed E-state index contributed by atoms with van der Waals surface area (Å²) in [6.07, 6.45) is 4.19. The zero-order chi connectivity index (χ0) is 19.4. The highest BCUT2D eigenvalue weighted by Crippen LogP contribution is 2.30. The van der Waals surface area contributed by atoms with E-state index >= 15 is 0 Å². The number of benzene rings is 1. The van der Waals surface area contributed by atoms with Crippen molar-refractivity contribution in [3.8, 4) is 11.3 Å². The Labute approximate surface area is 164 Å². The van der Waals surface area contributed by atoms with Gasteiger partial charge in [-0.3, -0.25) is 4.79 Å². The molecule has 1 amide bonds. The van der Waals surface area contributed by atoms with Crippen molar-refractivity contribution in [3.63, 3.8) is 0 Å². The van der Waals surface area contributed by atoms with E-state index in [-0.39, 0.29) is 5.91 Å². The van der Waals surface area contributed by atoms with Gasteiger partial charge in [-0.1, -0.05) is 37.6 Å². The molecule has 0 radical (unpaired) electrons. The van der Waals surface area contributed by atoms with E-state index in [0.717, 1.165) is 29.7 Å². The molecule has 1 aliphatic heterocycles. The number of nitrogens with one attached hydrogen (secondary N) is 3. The first kappa shape index (κ1) is 19.1. The number of aromatic nitrogens is 1. The maximum Gasteiger partial charge on any atom is 0.251 e. The van der Waals surface area contributed by atoms with Gasteiger partial charge in [0.15, 0.2) is 0 Å². The quantitative estimate of drug-likeness (QED) is 0.380. The van der Waals surface area contributed by atoms with E-state index in [9.17, 15) is 4.79 Å². The number of pyridine rings is 1. The molecule has 1 aromatic heterocycles. The Morgan fingerprint density at radius 2 is 2.19 bits per heavy atom. The fourth-order valence-corrected chi connectivity index (χ4v) is 3.15. The molecule has 5 nitrogen and oxygen atoms in total. The molecule has 0 unspecified atom stereocenters. The Kier molecular flexibility index (Phi) is 5.91. The first-order valence-corrected chi connectivity index (χ1v) is 9.40. The highest BCUT2D eigenvalue weighted by Gasteiger charge is 2.20. The molecule has 6 heteroatoms. The number of halogens is 1. The first-order valence-electron chi connectivity index (χ1n) is 9.02. The van der Waals surface area contributed by atoms with Crippen LogP contribution in [0.3, 0.4) is 0 Å². The lowest BCUT2D eigenvalue weighted by Crippen LogP contribution is -2.12. The maximum atomic E-state index is 12.0. The summed E-state index contributed by atoms with van der Waals surface area (Å²) in [4.78, 5) is 16.5. The summed E-state index contributed by atoms with van der Waals surface area (Å²) < 4.78 is 0. The SMILES string of the molecule is CC(C)CCN/C=C(\C=N)c1ccc(Cl)nc1-c1ccc2c(c1)C(=O)NC2. The molecule has 27 heavy (non-hydrogen) atoms. The van der Waals surface area contributed by atoms with Crippen LogP contribution in [0.25, 0.3) is 16.8 Å². The molecule has 0 bridgehead atoms. The second kappa shape index (κ2) is 8.35. The van der Waals surface area contributed by atoms with Gasteiger partial charge in [-0.25, -0.2) is 4.98 Å². The molecule has 1 aromatic carbocycles. The van der Waals surface area contributed by atoms with Crippen LogP contribution in [-0.4, -0.2) is 23.7 Å². The number of hydrogen-bond acceptors (Lipinski definition) is 4. The van der Waals surface area contributed by atoms with Crippen LogP contribution < -0.4 is 10.6 Å². The molecular formula is C21H23ClN4O. The largest absolute Gasteiger partial charge is 0.390 e. The highest BCUT2D eigenvalue weighted by atomic mass is 35.5. The topological polar surface area (TPSA) is 77.9 Å². The van der Waals surface area contributed by atoms with Crippen molar-refractivity contribution in [2.24, 2.45) is 5.92 Å². The van der Waals surface area contributed by atoms with E-state index in [1.54, 1.807) is 6.07 Å². The normalized spacial score (nSPS) is 13.5. The predicted molar refractivity (Wildman–Crippen MR) is 110 cm³/mol. The third-order valence-corrected chi connectivity index (χ3v) is 4.73. The Hall–Kier alpha value is -2.66. The smallest absolute Gasteiger partial charge is 0.251 e. The number of amides is 1. The predicted octanol–water partition coefficient (Wildman–Crippen LogP) is 4.27. The lowest BCUT2D eigenvalue weighted by molar-refractivity contribution is 0.0966. The van der Waals surface area contributed by atoms with Gasteiger partial charge in [0.25, 0.3) is 5.91 Å². The Balaban J connectivity index is 1.98. The third-order valence-electron chi connectivity index (χ3n) is 4.52. The van der Waals surface area contributed by atoms with Gasteiger partial charge in [0, 0.05) is 47.8 Å². The lowest BCUT2D eigenvalue weighted by atomic mass is 9.97. The van der Waals surface area contributed by atoms with Crippen LogP contribution in [0.5, 0.6) is 0 Å². The molecule has 3 rings (SSSR count). The van der Waals surface area contributed by atoms with Gasteiger partial charge >= 0.3 is 0 Å². The average Bonchev–Trinajstić information content (AvgIpc) is 3.02. The second-order valence-corrected chi connectivity index (χ2v) is 7.35. The highest BCUT2D eigenvalue weighted by molar-refractivity contribution is 6.29. The zero-order valence-electron chi connectivity index (χ0n) is 15.5. The molecule has 2 heterocycles. The van der Waals surface area contributed by atoms with Gasteiger partial charge in [0.2, 0.25) is 0 Å². The van der Waals surface area contributed by atoms with E-state index in [4.69, 9.17) is 17.0 Å². The summed E-state index contributed by atoms with van der Waals surface area (Å²) in [6, 6.07) is 9.29. The maximum absolute atomic E-state index is 12.0. The molecule has 2 aromatic rings. The van der Waals surface area contributed by atoms with Gasteiger partial charge in [-0.15, -0.1) is 0 Å². The second-order valence-electron chi connectivity index (χ2n) is 6.97. The summed E-state index contributed by atoms with van der Waals surface area (Å²) >= 11 is 6.14. The molecule has 1 aliphatic rings. The van der Waals surface area contributed by atoms with E-state index in [0.29, 0.717) is 34.4 Å². The summed E-state index contributed by atoms with van der Waals surface area (Å²) in [7, 11) is 0. The van der Waals surface area contributed by atoms with Crippen molar-refractivity contribution in [1.82, 2.24) is 15.6 Å². The molecule has 3 N–H and O–H groups in total. The number of nitrogens with zero attached hydrogens (tertiary/aromatic N) is 1. The standard InChI is InChI=1S/C21H23ClN4O/c1-13(2)7-8-24-11-16(10-23)17-5-6-19(22)26-20(17)14-3-4-15-12-25-21(27)18(15)9-14/h3-6,9-11,13,23-24H,7-8,12H2,1-2H3,(H,25,27)/b16-11+,23-10?. The van der Waals surface area contributed by atoms with Crippen LogP contribution in [-0.2, 0) is 6.54 Å². The summed E-state index contributed by atoms with van der Waals surface area (Å²) in [5.74, 6) is 0.535. The van der Waals surface area contributed by atoms with Crippen LogP contribution in [0, 0.1) is 11.3 Å². The summed E-state index contributed by atoms with van der Waals surface area (Å²) in [5.41, 5.74) is 4.61. The molecule has 0 atom stereocenters. The number of allylic oxidation sites excluding steroid dienone is 1. The van der Waals surface area contributed by atoms with Crippen molar-refractivity contribution in [1.29, 1.82) is 5.41 Å². The number of fused-ring (bicyclic) bond motifs is 1. The van der Waals surface area contributed by atoms with Crippen LogP contribution in [0.1, 0.15) is 41.8 Å². The minimum Gasteiger partial charge on any atom is -0.390 e. The lowest BCUT2D eigenvalue weighted by Gasteiger charge is -2.12. The fraction of sp³-hybridized carbons (Fsp3) is 0.286. The fourth-order valence-electron chi connectivity index (χ4n) is 3.00. The van der Waals surface area contributed by atoms with Crippen LogP contribution >= 0.6 is 11.6 Å². The average molecular weight is 383 g/mol. The van der Waals surface area contributed by atoms with Crippen molar-refractivity contribution in [3.05, 3.63) is 58.4 Å². The van der Waals surface area contributed by atoms with Gasteiger partial charge in [0.1, 0.15) is 5.15 Å². The Morgan fingerprint density at radius 3 is 2.93 bits per heavy atom. The number of carbonyl (C=O) groups excluding carboxylic acids is 1. The van der Waals surface area contributed by atoms with Crippen molar-refractivity contribution in [2.45, 2.75) is 26.8 Å². The van der Waals surface area contributed by atoms with Crippen molar-refractivity contribution in [2.75, 3.05) is 6.54 Å². The number of carbonyl (C=O) groups is 1. The van der Waals surface area contributed by atoms with E-state index in [1.807, 2.05) is 30.5 Å². The molecule has 0 aliphatic carbocycles. The Morgan fingerprint density at radius 1 is 1.37 bits per heavy atom. The van der Waals surface area contributed by atoms with Crippen LogP contribution in [0.4, 0.5) is 0 Å². The molecule has 0 spiro atoms. The third kappa shape index (κ3) is 4.37.